The highest BCUT2D eigenvalue weighted by Crippen LogP contribution is 2.19. The molecule has 0 saturated heterocycles. The first-order valence-electron chi connectivity index (χ1n) is 20.2. The highest BCUT2D eigenvalue weighted by atomic mass is 16.5. The molecule has 3 heteroatoms. The van der Waals surface area contributed by atoms with E-state index in [0.717, 1.165) is 38.6 Å². The molecule has 3 nitrogen and oxygen atoms in total. The largest absolute Gasteiger partial charge is 0.462 e. The summed E-state index contributed by atoms with van der Waals surface area (Å²) in [6.45, 7) is 5.98. The highest BCUT2D eigenvalue weighted by molar-refractivity contribution is 5.82. The molecule has 0 N–H and O–H groups in total. The molecule has 0 aliphatic carbocycles. The Balaban J connectivity index is 4.13. The van der Waals surface area contributed by atoms with E-state index in [-0.39, 0.29) is 5.97 Å². The first-order valence-corrected chi connectivity index (χ1v) is 20.2. The van der Waals surface area contributed by atoms with Crippen molar-refractivity contribution in [3.8, 4) is 0 Å². The van der Waals surface area contributed by atoms with Crippen LogP contribution in [0.25, 0.3) is 0 Å². The Morgan fingerprint density at radius 2 is 0.872 bits per heavy atom. The molecule has 0 atom stereocenters. The van der Waals surface area contributed by atoms with Gasteiger partial charge in [0, 0.05) is 12.6 Å². The molecule has 0 amide bonds. The van der Waals surface area contributed by atoms with Gasteiger partial charge in [-0.1, -0.05) is 145 Å². The summed E-state index contributed by atoms with van der Waals surface area (Å²) in [6.07, 6.45) is 53.9. The Labute approximate surface area is 294 Å². The predicted octanol–water partition coefficient (Wildman–Crippen LogP) is 13.8. The molecule has 272 valence electrons. The third kappa shape index (κ3) is 38.5. The number of esters is 1. The number of ether oxygens (including phenoxy) is 1. The molecule has 0 spiro atoms. The zero-order valence-electron chi connectivity index (χ0n) is 32.0. The summed E-state index contributed by atoms with van der Waals surface area (Å²) >= 11 is 0. The number of carbonyl (C=O) groups is 1. The average molecular weight is 654 g/mol. The first-order chi connectivity index (χ1) is 23.1. The van der Waals surface area contributed by atoms with Crippen LogP contribution in [0.4, 0.5) is 0 Å². The average Bonchev–Trinajstić information content (AvgIpc) is 3.06. The van der Waals surface area contributed by atoms with Gasteiger partial charge in [-0.2, -0.15) is 0 Å². The summed E-state index contributed by atoms with van der Waals surface area (Å²) in [5.41, 5.74) is 1.30. The Morgan fingerprint density at radius 1 is 0.489 bits per heavy atom. The van der Waals surface area contributed by atoms with Crippen molar-refractivity contribution < 1.29 is 9.53 Å². The summed E-state index contributed by atoms with van der Waals surface area (Å²) in [5, 5.41) is 0. The van der Waals surface area contributed by atoms with Crippen molar-refractivity contribution in [1.82, 2.24) is 4.90 Å². The smallest absolute Gasteiger partial charge is 0.330 e. The van der Waals surface area contributed by atoms with Gasteiger partial charge >= 0.3 is 5.97 Å². The number of rotatable bonds is 35. The van der Waals surface area contributed by atoms with Crippen LogP contribution in [0.3, 0.4) is 0 Å². The molecule has 0 bridgehead atoms. The SMILES string of the molecule is CCCCC/C=C\C/C=C\CCCCCCCCC(=CC(=O)OCCCN(C)C)CCCCCCCC/C=C\C/C=C\CCCCC. The fourth-order valence-electron chi connectivity index (χ4n) is 5.71. The molecular weight excluding hydrogens is 574 g/mol. The van der Waals surface area contributed by atoms with E-state index < -0.39 is 0 Å². The highest BCUT2D eigenvalue weighted by Gasteiger charge is 2.05. The van der Waals surface area contributed by atoms with Crippen molar-refractivity contribution in [3.63, 3.8) is 0 Å². The van der Waals surface area contributed by atoms with Crippen LogP contribution < -0.4 is 0 Å². The maximum atomic E-state index is 12.5. The van der Waals surface area contributed by atoms with Gasteiger partial charge in [0.25, 0.3) is 0 Å². The molecule has 47 heavy (non-hydrogen) atoms. The second-order valence-corrected chi connectivity index (χ2v) is 13.8. The van der Waals surface area contributed by atoms with Crippen molar-refractivity contribution in [2.45, 2.75) is 187 Å². The van der Waals surface area contributed by atoms with E-state index in [0.29, 0.717) is 6.61 Å². The van der Waals surface area contributed by atoms with Gasteiger partial charge in [0.2, 0.25) is 0 Å². The Bertz CT molecular complexity index is 754. The summed E-state index contributed by atoms with van der Waals surface area (Å²) in [4.78, 5) is 14.6. The first kappa shape index (κ1) is 45.1. The summed E-state index contributed by atoms with van der Waals surface area (Å²) in [5.74, 6) is -0.140. The molecule has 0 unspecified atom stereocenters. The zero-order valence-corrected chi connectivity index (χ0v) is 32.0. The minimum absolute atomic E-state index is 0.140. The fourth-order valence-corrected chi connectivity index (χ4v) is 5.71. The molecule has 0 fully saturated rings. The second kappa shape index (κ2) is 38.6. The van der Waals surface area contributed by atoms with Gasteiger partial charge in [0.15, 0.2) is 0 Å². The number of nitrogens with zero attached hydrogens (tertiary/aromatic N) is 1. The number of carbonyl (C=O) groups excluding carboxylic acids is 1. The molecule has 0 radical (unpaired) electrons. The lowest BCUT2D eigenvalue weighted by Gasteiger charge is -2.10. The van der Waals surface area contributed by atoms with Crippen molar-refractivity contribution in [2.24, 2.45) is 0 Å². The van der Waals surface area contributed by atoms with Gasteiger partial charge in [-0.05, 0) is 110 Å². The quantitative estimate of drug-likeness (QED) is 0.0295. The lowest BCUT2D eigenvalue weighted by Crippen LogP contribution is -2.15. The minimum atomic E-state index is -0.140. The van der Waals surface area contributed by atoms with Crippen LogP contribution >= 0.6 is 0 Å². The molecule has 0 aromatic carbocycles. The van der Waals surface area contributed by atoms with Crippen LogP contribution in [0.5, 0.6) is 0 Å². The van der Waals surface area contributed by atoms with Gasteiger partial charge in [-0.25, -0.2) is 4.79 Å². The summed E-state index contributed by atoms with van der Waals surface area (Å²) in [7, 11) is 4.11. The van der Waals surface area contributed by atoms with Gasteiger partial charge < -0.3 is 9.64 Å². The monoisotopic (exact) mass is 654 g/mol. The minimum Gasteiger partial charge on any atom is -0.462 e. The Kier molecular flexibility index (Phi) is 37.0. The second-order valence-electron chi connectivity index (χ2n) is 13.8. The van der Waals surface area contributed by atoms with Crippen LogP contribution in [0.15, 0.2) is 60.3 Å². The van der Waals surface area contributed by atoms with Crippen LogP contribution in [-0.2, 0) is 9.53 Å². The van der Waals surface area contributed by atoms with Crippen LogP contribution in [-0.4, -0.2) is 38.1 Å². The lowest BCUT2D eigenvalue weighted by atomic mass is 9.99. The van der Waals surface area contributed by atoms with Crippen LogP contribution in [0, 0.1) is 0 Å². The van der Waals surface area contributed by atoms with Crippen LogP contribution in [0.1, 0.15) is 187 Å². The normalized spacial score (nSPS) is 12.1. The topological polar surface area (TPSA) is 29.5 Å². The van der Waals surface area contributed by atoms with Crippen molar-refractivity contribution in [3.05, 3.63) is 60.3 Å². The summed E-state index contributed by atoms with van der Waals surface area (Å²) < 4.78 is 5.53. The predicted molar refractivity (Wildman–Crippen MR) is 210 cm³/mol. The summed E-state index contributed by atoms with van der Waals surface area (Å²) in [6, 6.07) is 0. The van der Waals surface area contributed by atoms with E-state index in [9.17, 15) is 4.79 Å². The maximum Gasteiger partial charge on any atom is 0.330 e. The van der Waals surface area contributed by atoms with E-state index in [1.165, 1.54) is 147 Å². The Morgan fingerprint density at radius 3 is 1.28 bits per heavy atom. The van der Waals surface area contributed by atoms with E-state index in [4.69, 9.17) is 4.74 Å². The van der Waals surface area contributed by atoms with Crippen LogP contribution in [0.2, 0.25) is 0 Å². The number of allylic oxidation sites excluding steroid dienone is 9. The van der Waals surface area contributed by atoms with Gasteiger partial charge in [-0.15, -0.1) is 0 Å². The molecule has 0 aliphatic heterocycles. The Hall–Kier alpha value is -1.87. The standard InChI is InChI=1S/C44H79NO2/c1-5-7-9-11-13-15-17-19-21-23-25-27-29-31-33-35-38-43(42-44(46)47-41-37-40-45(3)4)39-36-34-32-30-28-26-24-22-20-18-16-14-12-10-8-6-2/h13-16,19-22,42H,5-12,17-18,23-41H2,1-4H3/b15-13-,16-14-,21-19-,22-20-. The number of hydrogen-bond acceptors (Lipinski definition) is 3. The zero-order chi connectivity index (χ0) is 34.3. The van der Waals surface area contributed by atoms with Gasteiger partial charge in [-0.3, -0.25) is 0 Å². The molecular formula is C44H79NO2. The number of hydrogen-bond donors (Lipinski definition) is 0. The lowest BCUT2D eigenvalue weighted by molar-refractivity contribution is -0.138. The number of unbranched alkanes of at least 4 members (excludes halogenated alkanes) is 18. The third-order valence-corrected chi connectivity index (χ3v) is 8.71. The van der Waals surface area contributed by atoms with E-state index in [2.05, 4.69) is 81.5 Å². The van der Waals surface area contributed by atoms with E-state index in [1.54, 1.807) is 0 Å². The fraction of sp³-hybridized carbons (Fsp3) is 0.750. The molecule has 0 rings (SSSR count). The van der Waals surface area contributed by atoms with Crippen molar-refractivity contribution in [2.75, 3.05) is 27.2 Å². The van der Waals surface area contributed by atoms with E-state index >= 15 is 0 Å². The molecule has 0 aromatic rings. The van der Waals surface area contributed by atoms with Gasteiger partial charge in [0.05, 0.1) is 6.61 Å². The van der Waals surface area contributed by atoms with Gasteiger partial charge in [0.1, 0.15) is 0 Å². The van der Waals surface area contributed by atoms with E-state index in [1.807, 2.05) is 6.08 Å². The molecule has 0 aromatic heterocycles. The molecule has 0 heterocycles. The van der Waals surface area contributed by atoms with Crippen molar-refractivity contribution in [1.29, 1.82) is 0 Å². The maximum absolute atomic E-state index is 12.5. The van der Waals surface area contributed by atoms with Crippen molar-refractivity contribution >= 4 is 5.97 Å². The third-order valence-electron chi connectivity index (χ3n) is 8.71. The molecule has 0 aliphatic rings. The molecule has 0 saturated carbocycles.